The van der Waals surface area contributed by atoms with Crippen LogP contribution in [0.2, 0.25) is 0 Å². The highest BCUT2D eigenvalue weighted by atomic mass is 32.2. The van der Waals surface area contributed by atoms with E-state index in [4.69, 9.17) is 4.74 Å². The molecule has 0 saturated heterocycles. The van der Waals surface area contributed by atoms with Gasteiger partial charge < -0.3 is 15.4 Å². The molecule has 2 N–H and O–H groups in total. The summed E-state index contributed by atoms with van der Waals surface area (Å²) in [7, 11) is 0. The topological polar surface area (TPSA) is 67.4 Å². The van der Waals surface area contributed by atoms with Gasteiger partial charge in [0.15, 0.2) is 0 Å². The van der Waals surface area contributed by atoms with E-state index in [0.717, 1.165) is 21.7 Å². The van der Waals surface area contributed by atoms with Crippen LogP contribution >= 0.6 is 11.8 Å². The second-order valence-corrected chi connectivity index (χ2v) is 8.00. The van der Waals surface area contributed by atoms with E-state index in [0.29, 0.717) is 13.2 Å². The highest BCUT2D eigenvalue weighted by molar-refractivity contribution is 8.01. The standard InChI is InChI=1S/C21H24N2O3S/c1-14(2)26-13-16-7-5-6-15(10-16)12-22-20(24)11-19-21(25)23-17-8-3-4-9-18(17)27-19/h3-10,14,19H,11-13H2,1-2H3,(H,22,24)(H,23,25). The lowest BCUT2D eigenvalue weighted by Gasteiger charge is -2.23. The van der Waals surface area contributed by atoms with E-state index in [9.17, 15) is 9.59 Å². The third kappa shape index (κ3) is 5.58. The molecule has 27 heavy (non-hydrogen) atoms. The van der Waals surface area contributed by atoms with Gasteiger partial charge in [-0.3, -0.25) is 9.59 Å². The molecule has 1 aliphatic heterocycles. The summed E-state index contributed by atoms with van der Waals surface area (Å²) in [5.41, 5.74) is 2.90. The third-order valence-corrected chi connectivity index (χ3v) is 5.42. The van der Waals surface area contributed by atoms with Crippen molar-refractivity contribution in [3.63, 3.8) is 0 Å². The Morgan fingerprint density at radius 3 is 2.78 bits per heavy atom. The Hall–Kier alpha value is -2.31. The van der Waals surface area contributed by atoms with Crippen LogP contribution < -0.4 is 10.6 Å². The molecular formula is C21H24N2O3S. The Morgan fingerprint density at radius 1 is 1.19 bits per heavy atom. The molecule has 2 amide bonds. The molecule has 0 spiro atoms. The number of thioether (sulfide) groups is 1. The molecule has 0 aromatic heterocycles. The lowest BCUT2D eigenvalue weighted by atomic mass is 10.1. The number of rotatable bonds is 7. The van der Waals surface area contributed by atoms with E-state index in [2.05, 4.69) is 10.6 Å². The smallest absolute Gasteiger partial charge is 0.238 e. The number of hydrogen-bond donors (Lipinski definition) is 2. The number of benzene rings is 2. The van der Waals surface area contributed by atoms with Crippen molar-refractivity contribution >= 4 is 29.3 Å². The first-order valence-corrected chi connectivity index (χ1v) is 9.92. The molecular weight excluding hydrogens is 360 g/mol. The normalized spacial score (nSPS) is 16.0. The fourth-order valence-electron chi connectivity index (χ4n) is 2.76. The van der Waals surface area contributed by atoms with E-state index in [-0.39, 0.29) is 24.3 Å². The molecule has 1 unspecified atom stereocenters. The molecule has 1 heterocycles. The van der Waals surface area contributed by atoms with Gasteiger partial charge in [0.25, 0.3) is 0 Å². The van der Waals surface area contributed by atoms with Crippen molar-refractivity contribution in [1.82, 2.24) is 5.32 Å². The first-order chi connectivity index (χ1) is 13.0. The molecule has 1 atom stereocenters. The molecule has 0 aliphatic carbocycles. The summed E-state index contributed by atoms with van der Waals surface area (Å²) >= 11 is 1.44. The molecule has 0 radical (unpaired) electrons. The summed E-state index contributed by atoms with van der Waals surface area (Å²) in [6, 6.07) is 15.6. The van der Waals surface area contributed by atoms with E-state index >= 15 is 0 Å². The molecule has 1 aliphatic rings. The van der Waals surface area contributed by atoms with Crippen LogP contribution in [0.15, 0.2) is 53.4 Å². The van der Waals surface area contributed by atoms with Crippen molar-refractivity contribution in [2.24, 2.45) is 0 Å². The van der Waals surface area contributed by atoms with Gasteiger partial charge in [-0.15, -0.1) is 11.8 Å². The molecule has 3 rings (SSSR count). The Kier molecular flexibility index (Phi) is 6.53. The first-order valence-electron chi connectivity index (χ1n) is 9.04. The van der Waals surface area contributed by atoms with Gasteiger partial charge in [0, 0.05) is 17.9 Å². The molecule has 0 saturated carbocycles. The minimum absolute atomic E-state index is 0.123. The number of carbonyl (C=O) groups is 2. The second-order valence-electron chi connectivity index (χ2n) is 6.75. The van der Waals surface area contributed by atoms with Crippen molar-refractivity contribution in [3.8, 4) is 0 Å². The zero-order valence-corrected chi connectivity index (χ0v) is 16.3. The van der Waals surface area contributed by atoms with Gasteiger partial charge in [0.2, 0.25) is 11.8 Å². The van der Waals surface area contributed by atoms with E-state index in [1.165, 1.54) is 11.8 Å². The van der Waals surface area contributed by atoms with Crippen LogP contribution in [0, 0.1) is 0 Å². The number of para-hydroxylation sites is 1. The number of nitrogens with one attached hydrogen (secondary N) is 2. The van der Waals surface area contributed by atoms with E-state index in [1.54, 1.807) is 0 Å². The summed E-state index contributed by atoms with van der Waals surface area (Å²) in [5, 5.41) is 5.36. The number of anilines is 1. The Morgan fingerprint density at radius 2 is 1.96 bits per heavy atom. The van der Waals surface area contributed by atoms with Crippen LogP contribution in [0.3, 0.4) is 0 Å². The molecule has 6 heteroatoms. The van der Waals surface area contributed by atoms with Gasteiger partial charge in [-0.2, -0.15) is 0 Å². The van der Waals surface area contributed by atoms with Crippen LogP contribution in [0.1, 0.15) is 31.4 Å². The lowest BCUT2D eigenvalue weighted by molar-refractivity contribution is -0.124. The van der Waals surface area contributed by atoms with Crippen LogP contribution in [0.25, 0.3) is 0 Å². The van der Waals surface area contributed by atoms with Crippen LogP contribution in [0.5, 0.6) is 0 Å². The monoisotopic (exact) mass is 384 g/mol. The van der Waals surface area contributed by atoms with Gasteiger partial charge in [0.1, 0.15) is 0 Å². The summed E-state index contributed by atoms with van der Waals surface area (Å²) in [4.78, 5) is 25.5. The SMILES string of the molecule is CC(C)OCc1cccc(CNC(=O)CC2Sc3ccccc3NC2=O)c1. The molecule has 0 bridgehead atoms. The zero-order valence-electron chi connectivity index (χ0n) is 15.5. The highest BCUT2D eigenvalue weighted by Crippen LogP contribution is 2.36. The number of fused-ring (bicyclic) bond motifs is 1. The van der Waals surface area contributed by atoms with Crippen LogP contribution in [-0.2, 0) is 27.5 Å². The number of amides is 2. The molecule has 2 aromatic rings. The second kappa shape index (κ2) is 9.06. The third-order valence-electron chi connectivity index (χ3n) is 4.14. The van der Waals surface area contributed by atoms with Crippen molar-refractivity contribution < 1.29 is 14.3 Å². The summed E-state index contributed by atoms with van der Waals surface area (Å²) in [5.74, 6) is -0.257. The van der Waals surface area contributed by atoms with Crippen molar-refractivity contribution in [2.75, 3.05) is 5.32 Å². The predicted octanol–water partition coefficient (Wildman–Crippen LogP) is 3.73. The largest absolute Gasteiger partial charge is 0.374 e. The van der Waals surface area contributed by atoms with Gasteiger partial charge in [-0.25, -0.2) is 0 Å². The van der Waals surface area contributed by atoms with Crippen LogP contribution in [0.4, 0.5) is 5.69 Å². The van der Waals surface area contributed by atoms with Crippen LogP contribution in [-0.4, -0.2) is 23.2 Å². The quantitative estimate of drug-likeness (QED) is 0.763. The lowest BCUT2D eigenvalue weighted by Crippen LogP contribution is -2.34. The van der Waals surface area contributed by atoms with E-state index in [1.807, 2.05) is 62.4 Å². The number of ether oxygens (including phenoxy) is 1. The average Bonchev–Trinajstić information content (AvgIpc) is 2.66. The van der Waals surface area contributed by atoms with Gasteiger partial charge >= 0.3 is 0 Å². The van der Waals surface area contributed by atoms with Gasteiger partial charge in [0.05, 0.1) is 23.6 Å². The Bertz CT molecular complexity index is 823. The van der Waals surface area contributed by atoms with E-state index < -0.39 is 5.25 Å². The molecule has 2 aromatic carbocycles. The maximum atomic E-state index is 12.3. The van der Waals surface area contributed by atoms with Gasteiger partial charge in [-0.05, 0) is 37.1 Å². The van der Waals surface area contributed by atoms with Gasteiger partial charge in [-0.1, -0.05) is 36.4 Å². The van der Waals surface area contributed by atoms with Crippen molar-refractivity contribution in [2.45, 2.75) is 49.7 Å². The summed E-state index contributed by atoms with van der Waals surface area (Å²) in [6.07, 6.45) is 0.332. The average molecular weight is 385 g/mol. The first kappa shape index (κ1) is 19.5. The fraction of sp³-hybridized carbons (Fsp3) is 0.333. The summed E-state index contributed by atoms with van der Waals surface area (Å²) < 4.78 is 5.61. The zero-order chi connectivity index (χ0) is 19.2. The summed E-state index contributed by atoms with van der Waals surface area (Å²) in [6.45, 7) is 4.99. The van der Waals surface area contributed by atoms with Crippen molar-refractivity contribution in [3.05, 3.63) is 59.7 Å². The molecule has 142 valence electrons. The predicted molar refractivity (Wildman–Crippen MR) is 108 cm³/mol. The minimum atomic E-state index is -0.411. The molecule has 0 fully saturated rings. The number of hydrogen-bond acceptors (Lipinski definition) is 4. The Labute approximate surface area is 163 Å². The maximum Gasteiger partial charge on any atom is 0.238 e. The number of carbonyl (C=O) groups excluding carboxylic acids is 2. The fourth-order valence-corrected chi connectivity index (χ4v) is 3.87. The molecule has 5 nitrogen and oxygen atoms in total. The van der Waals surface area contributed by atoms with Crippen molar-refractivity contribution in [1.29, 1.82) is 0 Å². The maximum absolute atomic E-state index is 12.3. The minimum Gasteiger partial charge on any atom is -0.374 e. The highest BCUT2D eigenvalue weighted by Gasteiger charge is 2.28. The Balaban J connectivity index is 1.51.